The summed E-state index contributed by atoms with van der Waals surface area (Å²) in [5, 5.41) is 9.88. The number of anilines is 1. The molecule has 2 heterocycles. The Morgan fingerprint density at radius 2 is 1.89 bits per heavy atom. The third-order valence-corrected chi connectivity index (χ3v) is 5.68. The number of hydrogen-bond acceptors (Lipinski definition) is 6. The van der Waals surface area contributed by atoms with Crippen molar-refractivity contribution in [2.24, 2.45) is 0 Å². The van der Waals surface area contributed by atoms with Crippen molar-refractivity contribution >= 4 is 39.6 Å². The van der Waals surface area contributed by atoms with Crippen LogP contribution in [0.15, 0.2) is 53.2 Å². The summed E-state index contributed by atoms with van der Waals surface area (Å²) >= 11 is 2.86. The van der Waals surface area contributed by atoms with Gasteiger partial charge in [-0.05, 0) is 17.0 Å². The van der Waals surface area contributed by atoms with Crippen LogP contribution in [-0.4, -0.2) is 30.5 Å². The Labute approximate surface area is 171 Å². The lowest BCUT2D eigenvalue weighted by Crippen LogP contribution is -2.30. The van der Waals surface area contributed by atoms with Gasteiger partial charge in [0, 0.05) is 23.9 Å². The highest BCUT2D eigenvalue weighted by molar-refractivity contribution is 7.14. The number of carbonyl (C=O) groups is 2. The maximum absolute atomic E-state index is 12.2. The van der Waals surface area contributed by atoms with E-state index in [-0.39, 0.29) is 24.3 Å². The summed E-state index contributed by atoms with van der Waals surface area (Å²) in [6.45, 7) is 0.383. The summed E-state index contributed by atoms with van der Waals surface area (Å²) in [5.41, 5.74) is 1.64. The molecule has 0 radical (unpaired) electrons. The molecule has 3 rings (SSSR count). The first kappa shape index (κ1) is 20.2. The first-order valence-corrected chi connectivity index (χ1v) is 10.5. The standard InChI is InChI=1S/C20H21N3O3S2/c1-26-17(14-6-3-2-4-7-14)12-21-18(24)10-15-13-28-20(22-15)23-19(25)11-16-8-5-9-27-16/h2-9,13,17H,10-12H2,1H3,(H,21,24)(H,22,23,25). The summed E-state index contributed by atoms with van der Waals surface area (Å²) in [6, 6.07) is 13.6. The van der Waals surface area contributed by atoms with Crippen LogP contribution >= 0.6 is 22.7 Å². The number of nitrogens with zero attached hydrogens (tertiary/aromatic N) is 1. The summed E-state index contributed by atoms with van der Waals surface area (Å²) in [7, 11) is 1.62. The molecular formula is C20H21N3O3S2. The third kappa shape index (κ3) is 5.98. The molecule has 0 bridgehead atoms. The van der Waals surface area contributed by atoms with Crippen molar-refractivity contribution in [1.82, 2.24) is 10.3 Å². The summed E-state index contributed by atoms with van der Waals surface area (Å²) in [4.78, 5) is 29.6. The van der Waals surface area contributed by atoms with Crippen LogP contribution in [0.5, 0.6) is 0 Å². The SMILES string of the molecule is COC(CNC(=O)Cc1csc(NC(=O)Cc2cccs2)n1)c1ccccc1. The number of methoxy groups -OCH3 is 1. The molecule has 1 atom stereocenters. The van der Waals surface area contributed by atoms with Gasteiger partial charge in [0.25, 0.3) is 0 Å². The number of carbonyl (C=O) groups excluding carboxylic acids is 2. The van der Waals surface area contributed by atoms with Crippen LogP contribution < -0.4 is 10.6 Å². The molecule has 0 aliphatic heterocycles. The van der Waals surface area contributed by atoms with E-state index >= 15 is 0 Å². The molecule has 0 aliphatic rings. The monoisotopic (exact) mass is 415 g/mol. The van der Waals surface area contributed by atoms with Crippen LogP contribution in [-0.2, 0) is 27.2 Å². The van der Waals surface area contributed by atoms with E-state index in [9.17, 15) is 9.59 Å². The number of aromatic nitrogens is 1. The average Bonchev–Trinajstić information content (AvgIpc) is 3.35. The number of hydrogen-bond donors (Lipinski definition) is 2. The lowest BCUT2D eigenvalue weighted by atomic mass is 10.1. The van der Waals surface area contributed by atoms with Gasteiger partial charge in [0.2, 0.25) is 11.8 Å². The Morgan fingerprint density at radius 1 is 1.07 bits per heavy atom. The minimum Gasteiger partial charge on any atom is -0.375 e. The fourth-order valence-electron chi connectivity index (χ4n) is 2.62. The normalized spacial score (nSPS) is 11.8. The topological polar surface area (TPSA) is 80.3 Å². The van der Waals surface area contributed by atoms with E-state index in [0.29, 0.717) is 23.8 Å². The van der Waals surface area contributed by atoms with E-state index in [2.05, 4.69) is 15.6 Å². The van der Waals surface area contributed by atoms with Crippen LogP contribution in [0.3, 0.4) is 0 Å². The van der Waals surface area contributed by atoms with E-state index in [1.54, 1.807) is 23.8 Å². The predicted molar refractivity (Wildman–Crippen MR) is 112 cm³/mol. The van der Waals surface area contributed by atoms with E-state index < -0.39 is 0 Å². The van der Waals surface area contributed by atoms with E-state index in [1.807, 2.05) is 47.8 Å². The van der Waals surface area contributed by atoms with Gasteiger partial charge in [0.15, 0.2) is 5.13 Å². The molecule has 0 saturated carbocycles. The van der Waals surface area contributed by atoms with Crippen molar-refractivity contribution in [2.45, 2.75) is 18.9 Å². The first-order valence-electron chi connectivity index (χ1n) is 8.75. The molecule has 6 nitrogen and oxygen atoms in total. The van der Waals surface area contributed by atoms with E-state index in [4.69, 9.17) is 4.74 Å². The number of nitrogens with one attached hydrogen (secondary N) is 2. The predicted octanol–water partition coefficient (Wildman–Crippen LogP) is 3.43. The molecule has 8 heteroatoms. The average molecular weight is 416 g/mol. The fourth-order valence-corrected chi connectivity index (χ4v) is 4.05. The number of rotatable bonds is 9. The number of thiophene rings is 1. The van der Waals surface area contributed by atoms with Gasteiger partial charge in [-0.1, -0.05) is 36.4 Å². The molecule has 2 amide bonds. The highest BCUT2D eigenvalue weighted by atomic mass is 32.1. The van der Waals surface area contributed by atoms with Crippen LogP contribution in [0, 0.1) is 0 Å². The van der Waals surface area contributed by atoms with Crippen LogP contribution in [0.2, 0.25) is 0 Å². The first-order chi connectivity index (χ1) is 13.6. The number of amides is 2. The van der Waals surface area contributed by atoms with Crippen LogP contribution in [0.1, 0.15) is 22.2 Å². The van der Waals surface area contributed by atoms with Gasteiger partial charge in [-0.2, -0.15) is 0 Å². The Kier molecular flexibility index (Phi) is 7.30. The summed E-state index contributed by atoms with van der Waals surface area (Å²) in [6.07, 6.45) is 0.278. The molecular weight excluding hydrogens is 394 g/mol. The minimum absolute atomic E-state index is 0.112. The zero-order chi connectivity index (χ0) is 19.8. The second-order valence-corrected chi connectivity index (χ2v) is 7.95. The molecule has 0 spiro atoms. The van der Waals surface area contributed by atoms with Gasteiger partial charge < -0.3 is 15.4 Å². The largest absolute Gasteiger partial charge is 0.375 e. The van der Waals surface area contributed by atoms with Gasteiger partial charge in [-0.25, -0.2) is 4.98 Å². The molecule has 3 aromatic rings. The van der Waals surface area contributed by atoms with Gasteiger partial charge in [-0.15, -0.1) is 22.7 Å². The van der Waals surface area contributed by atoms with Crippen molar-refractivity contribution in [3.05, 3.63) is 69.4 Å². The zero-order valence-electron chi connectivity index (χ0n) is 15.4. The third-order valence-electron chi connectivity index (χ3n) is 4.00. The minimum atomic E-state index is -0.201. The lowest BCUT2D eigenvalue weighted by molar-refractivity contribution is -0.121. The van der Waals surface area contributed by atoms with Crippen LogP contribution in [0.25, 0.3) is 0 Å². The van der Waals surface area contributed by atoms with Gasteiger partial charge in [0.1, 0.15) is 0 Å². The molecule has 1 aromatic carbocycles. The van der Waals surface area contributed by atoms with Crippen molar-refractivity contribution in [2.75, 3.05) is 19.0 Å². The highest BCUT2D eigenvalue weighted by Crippen LogP contribution is 2.18. The zero-order valence-corrected chi connectivity index (χ0v) is 17.0. The smallest absolute Gasteiger partial charge is 0.231 e. The van der Waals surface area contributed by atoms with Gasteiger partial charge in [0.05, 0.1) is 24.6 Å². The van der Waals surface area contributed by atoms with Crippen molar-refractivity contribution in [1.29, 1.82) is 0 Å². The lowest BCUT2D eigenvalue weighted by Gasteiger charge is -2.16. The molecule has 28 heavy (non-hydrogen) atoms. The van der Waals surface area contributed by atoms with Crippen molar-refractivity contribution in [3.63, 3.8) is 0 Å². The molecule has 0 aliphatic carbocycles. The van der Waals surface area contributed by atoms with Crippen LogP contribution in [0.4, 0.5) is 5.13 Å². The molecule has 0 fully saturated rings. The number of benzene rings is 1. The summed E-state index contributed by atoms with van der Waals surface area (Å²) in [5.74, 6) is -0.252. The van der Waals surface area contributed by atoms with E-state index in [0.717, 1.165) is 10.4 Å². The number of ether oxygens (including phenoxy) is 1. The molecule has 1 unspecified atom stereocenters. The Hall–Kier alpha value is -2.55. The molecule has 0 saturated heterocycles. The van der Waals surface area contributed by atoms with Gasteiger partial charge in [-0.3, -0.25) is 9.59 Å². The molecule has 2 N–H and O–H groups in total. The summed E-state index contributed by atoms with van der Waals surface area (Å²) < 4.78 is 5.45. The Morgan fingerprint density at radius 3 is 2.61 bits per heavy atom. The second-order valence-electron chi connectivity index (χ2n) is 6.06. The number of thiazole rings is 1. The quantitative estimate of drug-likeness (QED) is 0.561. The Bertz CT molecular complexity index is 895. The maximum atomic E-state index is 12.2. The van der Waals surface area contributed by atoms with E-state index in [1.165, 1.54) is 11.3 Å². The van der Waals surface area contributed by atoms with Gasteiger partial charge >= 0.3 is 0 Å². The second kappa shape index (κ2) is 10.1. The molecule has 146 valence electrons. The molecule has 2 aromatic heterocycles. The Balaban J connectivity index is 1.46. The van der Waals surface area contributed by atoms with Crippen molar-refractivity contribution in [3.8, 4) is 0 Å². The fraction of sp³-hybridized carbons (Fsp3) is 0.250. The highest BCUT2D eigenvalue weighted by Gasteiger charge is 2.14. The maximum Gasteiger partial charge on any atom is 0.231 e. The van der Waals surface area contributed by atoms with Crippen molar-refractivity contribution < 1.29 is 14.3 Å².